The molecule has 2 aromatic rings. The Morgan fingerprint density at radius 1 is 1.48 bits per heavy atom. The van der Waals surface area contributed by atoms with E-state index in [-0.39, 0.29) is 17.0 Å². The molecule has 2 heterocycles. The third kappa shape index (κ3) is 4.12. The van der Waals surface area contributed by atoms with E-state index in [0.717, 1.165) is 5.75 Å². The Balaban J connectivity index is 2.18. The Labute approximate surface area is 137 Å². The third-order valence-electron chi connectivity index (χ3n) is 2.75. The monoisotopic (exact) mass is 344 g/mol. The van der Waals surface area contributed by atoms with Crippen molar-refractivity contribution in [1.29, 1.82) is 0 Å². The normalized spacial score (nSPS) is 12.2. The predicted molar refractivity (Wildman–Crippen MR) is 87.6 cm³/mol. The van der Waals surface area contributed by atoms with E-state index in [1.165, 1.54) is 10.9 Å². The highest BCUT2D eigenvalue weighted by atomic mass is 35.5. The minimum absolute atomic E-state index is 0.0879. The first-order valence-electron chi connectivity index (χ1n) is 6.17. The summed E-state index contributed by atoms with van der Waals surface area (Å²) in [5, 5.41) is 7.64. The predicted octanol–water partition coefficient (Wildman–Crippen LogP) is 3.51. The van der Waals surface area contributed by atoms with Crippen LogP contribution in [0.5, 0.6) is 0 Å². The Bertz CT molecular complexity index is 647. The molecule has 2 aromatic heterocycles. The standard InChI is InChI=1S/C13H14Cl2N4OS/c1-8(7-21-2)13(20)17-11-6-19(18-12(11)15)10-3-9(14)4-16-5-10/h3-6,8H,7H2,1-2H3,(H,17,20). The van der Waals surface area contributed by atoms with E-state index in [9.17, 15) is 4.79 Å². The number of hydrogen-bond donors (Lipinski definition) is 1. The molecule has 8 heteroatoms. The third-order valence-corrected chi connectivity index (χ3v) is 4.07. The molecule has 2 rings (SSSR count). The van der Waals surface area contributed by atoms with Crippen molar-refractivity contribution >= 4 is 46.6 Å². The zero-order chi connectivity index (χ0) is 15.4. The van der Waals surface area contributed by atoms with Gasteiger partial charge in [0.2, 0.25) is 5.91 Å². The zero-order valence-electron chi connectivity index (χ0n) is 11.5. The highest BCUT2D eigenvalue weighted by molar-refractivity contribution is 7.98. The number of rotatable bonds is 5. The SMILES string of the molecule is CSCC(C)C(=O)Nc1cn(-c2cncc(Cl)c2)nc1Cl. The van der Waals surface area contributed by atoms with Crippen molar-refractivity contribution in [2.24, 2.45) is 5.92 Å². The van der Waals surface area contributed by atoms with Crippen molar-refractivity contribution in [3.8, 4) is 5.69 Å². The smallest absolute Gasteiger partial charge is 0.228 e. The van der Waals surface area contributed by atoms with Gasteiger partial charge in [0.1, 0.15) is 0 Å². The first-order valence-corrected chi connectivity index (χ1v) is 8.32. The number of nitrogens with zero attached hydrogens (tertiary/aromatic N) is 3. The van der Waals surface area contributed by atoms with Crippen LogP contribution in [0.4, 0.5) is 5.69 Å². The maximum atomic E-state index is 12.0. The lowest BCUT2D eigenvalue weighted by Crippen LogP contribution is -2.21. The van der Waals surface area contributed by atoms with Crippen LogP contribution in [0.3, 0.4) is 0 Å². The number of halogens is 2. The summed E-state index contributed by atoms with van der Waals surface area (Å²) in [6, 6.07) is 1.71. The maximum absolute atomic E-state index is 12.0. The Kier molecular flexibility index (Phi) is 5.50. The molecule has 0 bridgehead atoms. The first-order chi connectivity index (χ1) is 10.0. The minimum atomic E-state index is -0.104. The maximum Gasteiger partial charge on any atom is 0.228 e. The molecule has 0 aliphatic heterocycles. The van der Waals surface area contributed by atoms with Crippen LogP contribution in [0.15, 0.2) is 24.7 Å². The molecule has 0 aliphatic rings. The van der Waals surface area contributed by atoms with Gasteiger partial charge in [-0.05, 0) is 12.3 Å². The van der Waals surface area contributed by atoms with E-state index in [1.54, 1.807) is 30.2 Å². The lowest BCUT2D eigenvalue weighted by atomic mass is 10.2. The molecule has 0 aliphatic carbocycles. The molecule has 0 radical (unpaired) electrons. The quantitative estimate of drug-likeness (QED) is 0.901. The van der Waals surface area contributed by atoms with Crippen molar-refractivity contribution in [3.05, 3.63) is 34.8 Å². The molecule has 1 N–H and O–H groups in total. The van der Waals surface area contributed by atoms with Crippen molar-refractivity contribution in [1.82, 2.24) is 14.8 Å². The van der Waals surface area contributed by atoms with Gasteiger partial charge in [0.25, 0.3) is 0 Å². The summed E-state index contributed by atoms with van der Waals surface area (Å²) in [6.45, 7) is 1.87. The number of nitrogens with one attached hydrogen (secondary N) is 1. The summed E-state index contributed by atoms with van der Waals surface area (Å²) in [5.41, 5.74) is 1.14. The van der Waals surface area contributed by atoms with Crippen LogP contribution in [0.2, 0.25) is 10.2 Å². The van der Waals surface area contributed by atoms with Gasteiger partial charge in [-0.3, -0.25) is 9.78 Å². The van der Waals surface area contributed by atoms with Crippen LogP contribution in [0.1, 0.15) is 6.92 Å². The van der Waals surface area contributed by atoms with E-state index in [0.29, 0.717) is 16.4 Å². The van der Waals surface area contributed by atoms with Crippen molar-refractivity contribution < 1.29 is 4.79 Å². The molecule has 112 valence electrons. The number of amides is 1. The molecule has 0 aromatic carbocycles. The van der Waals surface area contributed by atoms with Gasteiger partial charge >= 0.3 is 0 Å². The Morgan fingerprint density at radius 2 is 2.24 bits per heavy atom. The molecule has 5 nitrogen and oxygen atoms in total. The summed E-state index contributed by atoms with van der Waals surface area (Å²) in [6.07, 6.45) is 6.74. The van der Waals surface area contributed by atoms with E-state index in [2.05, 4.69) is 15.4 Å². The molecule has 0 spiro atoms. The van der Waals surface area contributed by atoms with Gasteiger partial charge in [0.15, 0.2) is 5.15 Å². The van der Waals surface area contributed by atoms with Gasteiger partial charge in [-0.2, -0.15) is 16.9 Å². The number of thioether (sulfide) groups is 1. The highest BCUT2D eigenvalue weighted by Crippen LogP contribution is 2.23. The van der Waals surface area contributed by atoms with Gasteiger partial charge in [0, 0.05) is 17.9 Å². The van der Waals surface area contributed by atoms with Crippen molar-refractivity contribution in [3.63, 3.8) is 0 Å². The summed E-state index contributed by atoms with van der Waals surface area (Å²) < 4.78 is 1.52. The molecule has 1 atom stereocenters. The number of hydrogen-bond acceptors (Lipinski definition) is 4. The molecule has 0 saturated carbocycles. The van der Waals surface area contributed by atoms with Crippen LogP contribution in [-0.4, -0.2) is 32.7 Å². The topological polar surface area (TPSA) is 59.8 Å². The summed E-state index contributed by atoms with van der Waals surface area (Å²) in [4.78, 5) is 16.0. The molecule has 1 unspecified atom stereocenters. The fourth-order valence-electron chi connectivity index (χ4n) is 1.68. The van der Waals surface area contributed by atoms with Gasteiger partial charge in [-0.1, -0.05) is 30.1 Å². The highest BCUT2D eigenvalue weighted by Gasteiger charge is 2.16. The Morgan fingerprint density at radius 3 is 2.90 bits per heavy atom. The number of carbonyl (C=O) groups excluding carboxylic acids is 1. The average Bonchev–Trinajstić information content (AvgIpc) is 2.80. The fourth-order valence-corrected chi connectivity index (χ4v) is 2.67. The second-order valence-corrected chi connectivity index (χ2v) is 6.19. The average molecular weight is 345 g/mol. The van der Waals surface area contributed by atoms with Gasteiger partial charge in [-0.15, -0.1) is 0 Å². The van der Waals surface area contributed by atoms with Gasteiger partial charge in [-0.25, -0.2) is 4.68 Å². The molecule has 0 saturated heterocycles. The van der Waals surface area contributed by atoms with E-state index in [4.69, 9.17) is 23.2 Å². The molecule has 21 heavy (non-hydrogen) atoms. The second kappa shape index (κ2) is 7.15. The minimum Gasteiger partial charge on any atom is -0.322 e. The lowest BCUT2D eigenvalue weighted by Gasteiger charge is -2.09. The summed E-state index contributed by atoms with van der Waals surface area (Å²) >= 11 is 13.6. The van der Waals surface area contributed by atoms with Crippen LogP contribution in [-0.2, 0) is 4.79 Å². The molecule has 0 fully saturated rings. The molecule has 1 amide bonds. The van der Waals surface area contributed by atoms with Gasteiger partial charge < -0.3 is 5.32 Å². The number of anilines is 1. The number of aromatic nitrogens is 3. The summed E-state index contributed by atoms with van der Waals surface area (Å²) in [7, 11) is 0. The zero-order valence-corrected chi connectivity index (χ0v) is 13.8. The first kappa shape index (κ1) is 16.1. The van der Waals surface area contributed by atoms with E-state index < -0.39 is 0 Å². The van der Waals surface area contributed by atoms with Gasteiger partial charge in [0.05, 0.1) is 28.8 Å². The van der Waals surface area contributed by atoms with Crippen LogP contribution < -0.4 is 5.32 Å². The number of pyridine rings is 1. The Hall–Kier alpha value is -1.24. The van der Waals surface area contributed by atoms with E-state index >= 15 is 0 Å². The number of carbonyl (C=O) groups is 1. The van der Waals surface area contributed by atoms with Crippen LogP contribution >= 0.6 is 35.0 Å². The van der Waals surface area contributed by atoms with Crippen LogP contribution in [0, 0.1) is 5.92 Å². The molecular weight excluding hydrogens is 331 g/mol. The van der Waals surface area contributed by atoms with E-state index in [1.807, 2.05) is 13.2 Å². The van der Waals surface area contributed by atoms with Crippen LogP contribution in [0.25, 0.3) is 5.69 Å². The van der Waals surface area contributed by atoms with Crippen molar-refractivity contribution in [2.45, 2.75) is 6.92 Å². The fraction of sp³-hybridized carbons (Fsp3) is 0.308. The van der Waals surface area contributed by atoms with Crippen molar-refractivity contribution in [2.75, 3.05) is 17.3 Å². The summed E-state index contributed by atoms with van der Waals surface area (Å²) in [5.74, 6) is 0.553. The lowest BCUT2D eigenvalue weighted by molar-refractivity contribution is -0.118. The largest absolute Gasteiger partial charge is 0.322 e. The second-order valence-electron chi connectivity index (χ2n) is 4.49. The molecular formula is C13H14Cl2N4OS.